The molecule has 0 amide bonds. The van der Waals surface area contributed by atoms with E-state index in [1.165, 1.54) is 12.8 Å². The van der Waals surface area contributed by atoms with Crippen molar-refractivity contribution in [2.75, 3.05) is 6.54 Å². The fraction of sp³-hybridized carbons (Fsp3) is 0.647. The van der Waals surface area contributed by atoms with Crippen LogP contribution in [0, 0.1) is 11.7 Å². The first-order valence-electron chi connectivity index (χ1n) is 7.82. The third-order valence-corrected chi connectivity index (χ3v) is 4.47. The molecule has 2 unspecified atom stereocenters. The summed E-state index contributed by atoms with van der Waals surface area (Å²) in [5, 5.41) is 3.55. The van der Waals surface area contributed by atoms with Crippen molar-refractivity contribution in [2.24, 2.45) is 5.92 Å². The number of halogens is 2. The number of hydrogen-bond donors (Lipinski definition) is 1. The molecule has 114 valence electrons. The molecule has 0 radical (unpaired) electrons. The van der Waals surface area contributed by atoms with Gasteiger partial charge < -0.3 is 5.32 Å². The molecule has 1 aromatic carbocycles. The SMILES string of the molecule is CCCCC(CC)C(NCCC)c1cccc(Br)c1F. The Morgan fingerprint density at radius 2 is 1.95 bits per heavy atom. The molecule has 0 spiro atoms. The topological polar surface area (TPSA) is 12.0 Å². The van der Waals surface area contributed by atoms with E-state index >= 15 is 0 Å². The Labute approximate surface area is 131 Å². The molecule has 1 N–H and O–H groups in total. The summed E-state index contributed by atoms with van der Waals surface area (Å²) in [6, 6.07) is 5.73. The molecule has 0 bridgehead atoms. The van der Waals surface area contributed by atoms with E-state index in [9.17, 15) is 4.39 Å². The van der Waals surface area contributed by atoms with Gasteiger partial charge in [0.2, 0.25) is 0 Å². The van der Waals surface area contributed by atoms with E-state index in [2.05, 4.69) is 42.0 Å². The van der Waals surface area contributed by atoms with Gasteiger partial charge in [-0.05, 0) is 47.3 Å². The van der Waals surface area contributed by atoms with Gasteiger partial charge in [0.25, 0.3) is 0 Å². The van der Waals surface area contributed by atoms with E-state index in [0.29, 0.717) is 10.4 Å². The molecular weight excluding hydrogens is 317 g/mol. The zero-order chi connectivity index (χ0) is 15.0. The van der Waals surface area contributed by atoms with Crippen LogP contribution in [0.1, 0.15) is 64.5 Å². The van der Waals surface area contributed by atoms with Gasteiger partial charge in [0.05, 0.1) is 4.47 Å². The lowest BCUT2D eigenvalue weighted by Gasteiger charge is -2.28. The highest BCUT2D eigenvalue weighted by molar-refractivity contribution is 9.10. The van der Waals surface area contributed by atoms with Crippen molar-refractivity contribution < 1.29 is 4.39 Å². The molecule has 0 heterocycles. The van der Waals surface area contributed by atoms with Crippen LogP contribution in [0.25, 0.3) is 0 Å². The summed E-state index contributed by atoms with van der Waals surface area (Å²) in [7, 11) is 0. The molecule has 1 nitrogen and oxygen atoms in total. The molecule has 20 heavy (non-hydrogen) atoms. The van der Waals surface area contributed by atoms with Crippen LogP contribution in [0.15, 0.2) is 22.7 Å². The molecule has 0 saturated heterocycles. The molecule has 0 saturated carbocycles. The van der Waals surface area contributed by atoms with Crippen molar-refractivity contribution in [3.8, 4) is 0 Å². The molecular formula is C17H27BrFN. The maximum atomic E-state index is 14.4. The molecule has 3 heteroatoms. The predicted molar refractivity (Wildman–Crippen MR) is 88.4 cm³/mol. The van der Waals surface area contributed by atoms with Gasteiger partial charge in [0.1, 0.15) is 5.82 Å². The number of benzene rings is 1. The number of unbranched alkanes of at least 4 members (excludes halogenated alkanes) is 1. The van der Waals surface area contributed by atoms with E-state index in [-0.39, 0.29) is 11.9 Å². The van der Waals surface area contributed by atoms with E-state index in [4.69, 9.17) is 0 Å². The first-order valence-corrected chi connectivity index (χ1v) is 8.62. The monoisotopic (exact) mass is 343 g/mol. The van der Waals surface area contributed by atoms with E-state index in [0.717, 1.165) is 31.4 Å². The standard InChI is InChI=1S/C17H27BrFN/c1-4-7-9-13(6-3)17(20-12-5-2)14-10-8-11-15(18)16(14)19/h8,10-11,13,17,20H,4-7,9,12H2,1-3H3. The Morgan fingerprint density at radius 3 is 2.55 bits per heavy atom. The van der Waals surface area contributed by atoms with Gasteiger partial charge in [-0.15, -0.1) is 0 Å². The summed E-state index contributed by atoms with van der Waals surface area (Å²) in [5.41, 5.74) is 0.802. The third-order valence-electron chi connectivity index (χ3n) is 3.86. The van der Waals surface area contributed by atoms with Crippen LogP contribution in [-0.2, 0) is 0 Å². The maximum Gasteiger partial charge on any atom is 0.142 e. The third kappa shape index (κ3) is 4.85. The summed E-state index contributed by atoms with van der Waals surface area (Å²) in [5.74, 6) is 0.376. The second-order valence-electron chi connectivity index (χ2n) is 5.39. The lowest BCUT2D eigenvalue weighted by atomic mass is 9.86. The van der Waals surface area contributed by atoms with Gasteiger partial charge in [-0.1, -0.05) is 52.2 Å². The normalized spacial score (nSPS) is 14.2. The van der Waals surface area contributed by atoms with Crippen molar-refractivity contribution in [3.63, 3.8) is 0 Å². The summed E-state index contributed by atoms with van der Waals surface area (Å²) in [6.45, 7) is 7.49. The highest BCUT2D eigenvalue weighted by Crippen LogP contribution is 2.32. The van der Waals surface area contributed by atoms with Crippen LogP contribution in [0.4, 0.5) is 4.39 Å². The average molecular weight is 344 g/mol. The van der Waals surface area contributed by atoms with Crippen LogP contribution in [-0.4, -0.2) is 6.54 Å². The molecule has 1 rings (SSSR count). The number of hydrogen-bond acceptors (Lipinski definition) is 1. The van der Waals surface area contributed by atoms with Crippen molar-refractivity contribution in [1.82, 2.24) is 5.32 Å². The Bertz CT molecular complexity index is 395. The quantitative estimate of drug-likeness (QED) is 0.593. The van der Waals surface area contributed by atoms with Crippen molar-refractivity contribution >= 4 is 15.9 Å². The van der Waals surface area contributed by atoms with Gasteiger partial charge >= 0.3 is 0 Å². The van der Waals surface area contributed by atoms with E-state index in [1.807, 2.05) is 12.1 Å². The highest BCUT2D eigenvalue weighted by Gasteiger charge is 2.24. The van der Waals surface area contributed by atoms with Gasteiger partial charge in [-0.25, -0.2) is 4.39 Å². The Hall–Kier alpha value is -0.410. The minimum Gasteiger partial charge on any atom is -0.310 e. The second-order valence-corrected chi connectivity index (χ2v) is 6.24. The van der Waals surface area contributed by atoms with Crippen LogP contribution in [0.5, 0.6) is 0 Å². The molecule has 0 aliphatic rings. The summed E-state index contributed by atoms with van der Waals surface area (Å²) >= 11 is 3.30. The lowest BCUT2D eigenvalue weighted by molar-refractivity contribution is 0.316. The minimum absolute atomic E-state index is 0.115. The number of nitrogens with one attached hydrogen (secondary N) is 1. The van der Waals surface area contributed by atoms with Crippen LogP contribution < -0.4 is 5.32 Å². The Kier molecular flexibility index (Phi) is 8.39. The molecule has 2 atom stereocenters. The molecule has 0 aliphatic heterocycles. The first-order chi connectivity index (χ1) is 9.65. The second kappa shape index (κ2) is 9.51. The first kappa shape index (κ1) is 17.6. The van der Waals surface area contributed by atoms with Crippen molar-refractivity contribution in [3.05, 3.63) is 34.1 Å². The smallest absolute Gasteiger partial charge is 0.142 e. The molecule has 0 fully saturated rings. The summed E-state index contributed by atoms with van der Waals surface area (Å²) < 4.78 is 15.0. The zero-order valence-corrected chi connectivity index (χ0v) is 14.5. The van der Waals surface area contributed by atoms with Gasteiger partial charge in [-0.3, -0.25) is 0 Å². The lowest BCUT2D eigenvalue weighted by Crippen LogP contribution is -2.29. The predicted octanol–water partition coefficient (Wildman–Crippen LogP) is 5.85. The summed E-state index contributed by atoms with van der Waals surface area (Å²) in [4.78, 5) is 0. The zero-order valence-electron chi connectivity index (χ0n) is 12.9. The van der Waals surface area contributed by atoms with E-state index in [1.54, 1.807) is 6.07 Å². The molecule has 0 aromatic heterocycles. The van der Waals surface area contributed by atoms with Gasteiger partial charge in [0, 0.05) is 11.6 Å². The van der Waals surface area contributed by atoms with Crippen LogP contribution >= 0.6 is 15.9 Å². The Morgan fingerprint density at radius 1 is 1.20 bits per heavy atom. The van der Waals surface area contributed by atoms with Crippen molar-refractivity contribution in [2.45, 2.75) is 58.9 Å². The largest absolute Gasteiger partial charge is 0.310 e. The van der Waals surface area contributed by atoms with Crippen LogP contribution in [0.3, 0.4) is 0 Å². The average Bonchev–Trinajstić information content (AvgIpc) is 2.46. The van der Waals surface area contributed by atoms with Crippen LogP contribution in [0.2, 0.25) is 0 Å². The molecule has 1 aromatic rings. The van der Waals surface area contributed by atoms with Gasteiger partial charge in [0.15, 0.2) is 0 Å². The van der Waals surface area contributed by atoms with Crippen molar-refractivity contribution in [1.29, 1.82) is 0 Å². The highest BCUT2D eigenvalue weighted by atomic mass is 79.9. The fourth-order valence-electron chi connectivity index (χ4n) is 2.66. The minimum atomic E-state index is -0.115. The summed E-state index contributed by atoms with van der Waals surface area (Å²) in [6.07, 6.45) is 5.69. The Balaban J connectivity index is 2.99. The maximum absolute atomic E-state index is 14.4. The van der Waals surface area contributed by atoms with Gasteiger partial charge in [-0.2, -0.15) is 0 Å². The number of rotatable bonds is 9. The molecule has 0 aliphatic carbocycles. The van der Waals surface area contributed by atoms with E-state index < -0.39 is 0 Å². The fourth-order valence-corrected chi connectivity index (χ4v) is 3.05.